The molecule has 1 aliphatic rings. The summed E-state index contributed by atoms with van der Waals surface area (Å²) in [5.74, 6) is -0.348. The summed E-state index contributed by atoms with van der Waals surface area (Å²) in [6.45, 7) is 1.54. The smallest absolute Gasteiger partial charge is 0.257 e. The van der Waals surface area contributed by atoms with Crippen LogP contribution >= 0.6 is 15.9 Å². The third-order valence-corrected chi connectivity index (χ3v) is 4.22. The van der Waals surface area contributed by atoms with Gasteiger partial charge in [-0.15, -0.1) is 0 Å². The Labute approximate surface area is 142 Å². The lowest BCUT2D eigenvalue weighted by molar-refractivity contribution is 0.0792. The molecule has 0 unspecified atom stereocenters. The highest BCUT2D eigenvalue weighted by Gasteiger charge is 2.20. The molecule has 0 spiro atoms. The molecule has 2 amide bonds. The first-order chi connectivity index (χ1) is 11.1. The van der Waals surface area contributed by atoms with Crippen molar-refractivity contribution < 1.29 is 9.59 Å². The third-order valence-electron chi connectivity index (χ3n) is 3.72. The Bertz CT molecular complexity index is 742. The van der Waals surface area contributed by atoms with Crippen LogP contribution in [0.2, 0.25) is 0 Å². The molecule has 1 saturated heterocycles. The van der Waals surface area contributed by atoms with Crippen LogP contribution in [0.5, 0.6) is 0 Å². The number of likely N-dealkylation sites (tertiary alicyclic amines) is 1. The largest absolute Gasteiger partial charge is 0.339 e. The van der Waals surface area contributed by atoms with Gasteiger partial charge >= 0.3 is 0 Å². The van der Waals surface area contributed by atoms with Gasteiger partial charge in [-0.2, -0.15) is 0 Å². The quantitative estimate of drug-likeness (QED) is 0.897. The zero-order valence-electron chi connectivity index (χ0n) is 12.5. The van der Waals surface area contributed by atoms with Crippen molar-refractivity contribution in [1.29, 1.82) is 0 Å². The molecule has 3 rings (SSSR count). The molecule has 0 aliphatic carbocycles. The molecular weight excluding hydrogens is 358 g/mol. The molecule has 1 N–H and O–H groups in total. The fourth-order valence-electron chi connectivity index (χ4n) is 2.55. The predicted octanol–water partition coefficient (Wildman–Crippen LogP) is 3.33. The molecule has 6 heteroatoms. The number of hydrogen-bond donors (Lipinski definition) is 1. The minimum Gasteiger partial charge on any atom is -0.339 e. The number of amides is 2. The second-order valence-corrected chi connectivity index (χ2v) is 6.34. The number of nitrogens with zero attached hydrogens (tertiary/aromatic N) is 2. The summed E-state index contributed by atoms with van der Waals surface area (Å²) in [5, 5.41) is 2.80. The highest BCUT2D eigenvalue weighted by atomic mass is 79.9. The van der Waals surface area contributed by atoms with Gasteiger partial charge in [0, 0.05) is 35.6 Å². The van der Waals surface area contributed by atoms with E-state index in [1.165, 1.54) is 12.4 Å². The van der Waals surface area contributed by atoms with Gasteiger partial charge in [-0.05, 0) is 37.1 Å². The van der Waals surface area contributed by atoms with Crippen LogP contribution < -0.4 is 5.32 Å². The summed E-state index contributed by atoms with van der Waals surface area (Å²) < 4.78 is 0.881. The molecule has 1 aliphatic heterocycles. The van der Waals surface area contributed by atoms with E-state index >= 15 is 0 Å². The monoisotopic (exact) mass is 373 g/mol. The van der Waals surface area contributed by atoms with Gasteiger partial charge in [0.1, 0.15) is 0 Å². The van der Waals surface area contributed by atoms with Crippen molar-refractivity contribution in [2.45, 2.75) is 12.8 Å². The minimum absolute atomic E-state index is 0.0629. The highest BCUT2D eigenvalue weighted by molar-refractivity contribution is 9.10. The van der Waals surface area contributed by atoms with E-state index in [1.807, 2.05) is 18.2 Å². The third kappa shape index (κ3) is 3.76. The van der Waals surface area contributed by atoms with Gasteiger partial charge in [-0.1, -0.05) is 22.0 Å². The maximum Gasteiger partial charge on any atom is 0.257 e. The second kappa shape index (κ2) is 6.91. The Kier molecular flexibility index (Phi) is 4.71. The minimum atomic E-state index is -0.285. The number of anilines is 1. The molecule has 5 nitrogen and oxygen atoms in total. The van der Waals surface area contributed by atoms with Crippen LogP contribution in [0.25, 0.3) is 0 Å². The standard InChI is InChI=1S/C17H16BrN3O2/c18-14-4-3-5-15(9-14)20-16(22)12-8-13(11-19-10-12)17(23)21-6-1-2-7-21/h3-5,8-11H,1-2,6-7H2,(H,20,22). The van der Waals surface area contributed by atoms with Crippen LogP contribution in [0.4, 0.5) is 5.69 Å². The summed E-state index contributed by atoms with van der Waals surface area (Å²) >= 11 is 3.36. The van der Waals surface area contributed by atoms with E-state index < -0.39 is 0 Å². The average molecular weight is 374 g/mol. The van der Waals surface area contributed by atoms with Crippen molar-refractivity contribution in [3.8, 4) is 0 Å². The summed E-state index contributed by atoms with van der Waals surface area (Å²) in [4.78, 5) is 30.5. The zero-order valence-corrected chi connectivity index (χ0v) is 14.0. The molecule has 0 saturated carbocycles. The van der Waals surface area contributed by atoms with Gasteiger partial charge in [0.05, 0.1) is 11.1 Å². The van der Waals surface area contributed by atoms with E-state index in [9.17, 15) is 9.59 Å². The summed E-state index contributed by atoms with van der Waals surface area (Å²) in [5.41, 5.74) is 1.50. The van der Waals surface area contributed by atoms with Crippen LogP contribution in [0.1, 0.15) is 33.6 Å². The van der Waals surface area contributed by atoms with Gasteiger partial charge in [0.2, 0.25) is 0 Å². The summed E-state index contributed by atoms with van der Waals surface area (Å²) in [7, 11) is 0. The first kappa shape index (κ1) is 15.7. The Morgan fingerprint density at radius 1 is 1.09 bits per heavy atom. The molecule has 1 aromatic heterocycles. The SMILES string of the molecule is O=C(Nc1cccc(Br)c1)c1cncc(C(=O)N2CCCC2)c1. The molecule has 0 atom stereocenters. The van der Waals surface area contributed by atoms with Crippen LogP contribution in [0.15, 0.2) is 47.2 Å². The highest BCUT2D eigenvalue weighted by Crippen LogP contribution is 2.17. The molecule has 0 radical (unpaired) electrons. The number of rotatable bonds is 3. The molecule has 0 bridgehead atoms. The van der Waals surface area contributed by atoms with E-state index in [2.05, 4.69) is 26.2 Å². The van der Waals surface area contributed by atoms with Crippen molar-refractivity contribution in [2.24, 2.45) is 0 Å². The summed E-state index contributed by atoms with van der Waals surface area (Å²) in [6.07, 6.45) is 5.04. The Morgan fingerprint density at radius 2 is 1.83 bits per heavy atom. The Morgan fingerprint density at radius 3 is 2.57 bits per heavy atom. The predicted molar refractivity (Wildman–Crippen MR) is 91.5 cm³/mol. The molecule has 2 aromatic rings. The number of halogens is 1. The molecule has 118 valence electrons. The number of nitrogens with one attached hydrogen (secondary N) is 1. The maximum atomic E-state index is 12.4. The van der Waals surface area contributed by atoms with Crippen LogP contribution in [0, 0.1) is 0 Å². The van der Waals surface area contributed by atoms with Gasteiger partial charge in [0.25, 0.3) is 11.8 Å². The fraction of sp³-hybridized carbons (Fsp3) is 0.235. The fourth-order valence-corrected chi connectivity index (χ4v) is 2.95. The van der Waals surface area contributed by atoms with Gasteiger partial charge in [0.15, 0.2) is 0 Å². The lowest BCUT2D eigenvalue weighted by Gasteiger charge is -2.15. The van der Waals surface area contributed by atoms with E-state index in [4.69, 9.17) is 0 Å². The lowest BCUT2D eigenvalue weighted by Crippen LogP contribution is -2.28. The molecule has 2 heterocycles. The van der Waals surface area contributed by atoms with Crippen molar-refractivity contribution in [3.63, 3.8) is 0 Å². The number of benzene rings is 1. The van der Waals surface area contributed by atoms with Gasteiger partial charge in [-0.25, -0.2) is 0 Å². The first-order valence-electron chi connectivity index (χ1n) is 7.45. The van der Waals surface area contributed by atoms with E-state index in [1.54, 1.807) is 17.0 Å². The number of aromatic nitrogens is 1. The van der Waals surface area contributed by atoms with Crippen molar-refractivity contribution >= 4 is 33.4 Å². The number of carbonyl (C=O) groups is 2. The van der Waals surface area contributed by atoms with Crippen LogP contribution in [-0.4, -0.2) is 34.8 Å². The topological polar surface area (TPSA) is 62.3 Å². The van der Waals surface area contributed by atoms with Crippen molar-refractivity contribution in [1.82, 2.24) is 9.88 Å². The van der Waals surface area contributed by atoms with E-state index in [0.29, 0.717) is 16.8 Å². The maximum absolute atomic E-state index is 12.4. The number of pyridine rings is 1. The van der Waals surface area contributed by atoms with E-state index in [0.717, 1.165) is 30.4 Å². The van der Waals surface area contributed by atoms with Crippen molar-refractivity contribution in [3.05, 3.63) is 58.3 Å². The molecule has 23 heavy (non-hydrogen) atoms. The second-order valence-electron chi connectivity index (χ2n) is 5.43. The number of carbonyl (C=O) groups excluding carboxylic acids is 2. The number of hydrogen-bond acceptors (Lipinski definition) is 3. The summed E-state index contributed by atoms with van der Waals surface area (Å²) in [6, 6.07) is 8.93. The van der Waals surface area contributed by atoms with Gasteiger partial charge in [-0.3, -0.25) is 14.6 Å². The Balaban J connectivity index is 1.76. The Hall–Kier alpha value is -2.21. The molecule has 1 aromatic carbocycles. The first-order valence-corrected chi connectivity index (χ1v) is 8.24. The van der Waals surface area contributed by atoms with Crippen molar-refractivity contribution in [2.75, 3.05) is 18.4 Å². The van der Waals surface area contributed by atoms with Gasteiger partial charge < -0.3 is 10.2 Å². The zero-order chi connectivity index (χ0) is 16.2. The van der Waals surface area contributed by atoms with Crippen LogP contribution in [-0.2, 0) is 0 Å². The normalized spacial score (nSPS) is 13.9. The van der Waals surface area contributed by atoms with E-state index in [-0.39, 0.29) is 11.8 Å². The van der Waals surface area contributed by atoms with Crippen LogP contribution in [0.3, 0.4) is 0 Å². The average Bonchev–Trinajstić information content (AvgIpc) is 3.09. The molecule has 1 fully saturated rings. The molecular formula is C17H16BrN3O2. The lowest BCUT2D eigenvalue weighted by atomic mass is 10.1.